The van der Waals surface area contributed by atoms with Crippen molar-refractivity contribution in [3.05, 3.63) is 74.3 Å². The van der Waals surface area contributed by atoms with Gasteiger partial charge in [0.05, 0.1) is 29.2 Å². The molecule has 0 radical (unpaired) electrons. The number of fused-ring (bicyclic) bond motifs is 2. The number of benzene rings is 2. The molecule has 0 spiro atoms. The highest BCUT2D eigenvalue weighted by molar-refractivity contribution is 7.13. The van der Waals surface area contributed by atoms with Gasteiger partial charge in [0, 0.05) is 40.3 Å². The third kappa shape index (κ3) is 5.23. The van der Waals surface area contributed by atoms with Crippen LogP contribution in [0.2, 0.25) is 5.02 Å². The number of esters is 1. The zero-order chi connectivity index (χ0) is 25.2. The van der Waals surface area contributed by atoms with Crippen LogP contribution in [0.25, 0.3) is 10.9 Å². The van der Waals surface area contributed by atoms with Crippen LogP contribution in [0.4, 0.5) is 5.69 Å². The number of hydrogen-bond acceptors (Lipinski definition) is 7. The third-order valence-electron chi connectivity index (χ3n) is 5.88. The zero-order valence-corrected chi connectivity index (χ0v) is 21.5. The van der Waals surface area contributed by atoms with E-state index in [0.717, 1.165) is 46.7 Å². The summed E-state index contributed by atoms with van der Waals surface area (Å²) in [4.78, 5) is 36.6. The smallest absolute Gasteiger partial charge is 0.338 e. The number of anilines is 1. The van der Waals surface area contributed by atoms with Crippen LogP contribution < -0.4 is 10.1 Å². The first-order chi connectivity index (χ1) is 17.4. The van der Waals surface area contributed by atoms with E-state index in [0.29, 0.717) is 27.0 Å². The molecule has 1 aliphatic heterocycles. The number of nitrogens with zero attached hydrogens (tertiary/aromatic N) is 2. The van der Waals surface area contributed by atoms with Crippen molar-refractivity contribution in [1.29, 1.82) is 0 Å². The molecular weight excluding hydrogens is 500 g/mol. The summed E-state index contributed by atoms with van der Waals surface area (Å²) in [5.74, 6) is -0.392. The Morgan fingerprint density at radius 3 is 2.92 bits per heavy atom. The number of aromatic amines is 1. The summed E-state index contributed by atoms with van der Waals surface area (Å²) in [6.07, 6.45) is 0.817. The number of nitrogens with one attached hydrogen (secondary N) is 2. The molecular formula is C26H25ClN4O4S. The topological polar surface area (TPSA) is 96.5 Å². The minimum Gasteiger partial charge on any atom is -0.485 e. The summed E-state index contributed by atoms with van der Waals surface area (Å²) in [5, 5.41) is 4.91. The molecule has 1 amide bonds. The predicted molar refractivity (Wildman–Crippen MR) is 140 cm³/mol. The second kappa shape index (κ2) is 10.3. The molecule has 5 rings (SSSR count). The normalized spacial score (nSPS) is 13.4. The fourth-order valence-corrected chi connectivity index (χ4v) is 5.35. The number of hydrogen-bond donors (Lipinski definition) is 2. The lowest BCUT2D eigenvalue weighted by Gasteiger charge is -2.20. The largest absolute Gasteiger partial charge is 0.485 e. The van der Waals surface area contributed by atoms with Crippen molar-refractivity contribution in [2.24, 2.45) is 0 Å². The summed E-state index contributed by atoms with van der Waals surface area (Å²) >= 11 is 7.49. The van der Waals surface area contributed by atoms with Crippen molar-refractivity contribution in [3.8, 4) is 5.75 Å². The maximum atomic E-state index is 13.1. The fraction of sp³-hybridized carbons (Fsp3) is 0.269. The summed E-state index contributed by atoms with van der Waals surface area (Å²) < 4.78 is 11.2. The van der Waals surface area contributed by atoms with Crippen molar-refractivity contribution >= 4 is 51.4 Å². The van der Waals surface area contributed by atoms with Crippen LogP contribution in [-0.4, -0.2) is 46.9 Å². The van der Waals surface area contributed by atoms with E-state index in [4.69, 9.17) is 21.1 Å². The predicted octanol–water partition coefficient (Wildman–Crippen LogP) is 5.27. The van der Waals surface area contributed by atoms with Crippen molar-refractivity contribution < 1.29 is 19.1 Å². The Hall–Kier alpha value is -3.40. The van der Waals surface area contributed by atoms with Gasteiger partial charge in [0.25, 0.3) is 5.91 Å². The molecule has 10 heteroatoms. The van der Waals surface area contributed by atoms with Gasteiger partial charge in [-0.25, -0.2) is 9.78 Å². The van der Waals surface area contributed by atoms with Crippen molar-refractivity contribution in [2.45, 2.75) is 26.5 Å². The van der Waals surface area contributed by atoms with Gasteiger partial charge < -0.3 is 24.7 Å². The van der Waals surface area contributed by atoms with Crippen LogP contribution in [0.1, 0.15) is 43.3 Å². The summed E-state index contributed by atoms with van der Waals surface area (Å²) in [7, 11) is 2.05. The number of carbonyl (C=O) groups excluding carboxylic acids is 2. The van der Waals surface area contributed by atoms with E-state index < -0.39 is 5.97 Å². The van der Waals surface area contributed by atoms with Crippen LogP contribution >= 0.6 is 22.9 Å². The molecule has 2 aromatic heterocycles. The summed E-state index contributed by atoms with van der Waals surface area (Å²) in [5.41, 5.74) is 3.45. The average Bonchev–Trinajstić information content (AvgIpc) is 3.46. The number of rotatable bonds is 7. The minimum absolute atomic E-state index is 0.228. The van der Waals surface area contributed by atoms with Crippen LogP contribution in [-0.2, 0) is 24.3 Å². The van der Waals surface area contributed by atoms with Crippen molar-refractivity contribution in [3.63, 3.8) is 0 Å². The molecule has 0 saturated carbocycles. The number of aromatic nitrogens is 2. The molecule has 0 fully saturated rings. The Morgan fingerprint density at radius 1 is 1.22 bits per heavy atom. The van der Waals surface area contributed by atoms with Crippen LogP contribution in [0.3, 0.4) is 0 Å². The van der Waals surface area contributed by atoms with Gasteiger partial charge in [-0.05, 0) is 56.4 Å². The highest BCUT2D eigenvalue weighted by atomic mass is 35.5. The maximum Gasteiger partial charge on any atom is 0.338 e. The molecule has 1 aliphatic rings. The number of likely N-dealkylation sites (N-methyl/N-ethyl adjacent to an activating group) is 1. The van der Waals surface area contributed by atoms with Gasteiger partial charge in [-0.1, -0.05) is 11.6 Å². The molecule has 0 unspecified atom stereocenters. The van der Waals surface area contributed by atoms with E-state index in [2.05, 4.69) is 27.2 Å². The Labute approximate surface area is 217 Å². The van der Waals surface area contributed by atoms with Gasteiger partial charge in [-0.2, -0.15) is 0 Å². The molecule has 0 aliphatic carbocycles. The molecule has 4 aromatic rings. The van der Waals surface area contributed by atoms with Gasteiger partial charge >= 0.3 is 5.97 Å². The SMILES string of the molecule is CCOC(=O)c1ccc(OCc2cc3cc(Cl)ccc3[nH]2)c(NC(=O)c2nc3c(s2)CN(C)CC3)c1. The zero-order valence-electron chi connectivity index (χ0n) is 19.9. The van der Waals surface area contributed by atoms with Gasteiger partial charge in [0.2, 0.25) is 0 Å². The number of amides is 1. The molecule has 2 N–H and O–H groups in total. The van der Waals surface area contributed by atoms with Gasteiger partial charge in [0.1, 0.15) is 12.4 Å². The highest BCUT2D eigenvalue weighted by Crippen LogP contribution is 2.30. The number of carbonyl (C=O) groups is 2. The maximum absolute atomic E-state index is 13.1. The van der Waals surface area contributed by atoms with E-state index in [1.807, 2.05) is 24.3 Å². The molecule has 2 aromatic carbocycles. The molecule has 0 saturated heterocycles. The summed E-state index contributed by atoms with van der Waals surface area (Å²) in [6.45, 7) is 3.92. The molecule has 8 nitrogen and oxygen atoms in total. The molecule has 36 heavy (non-hydrogen) atoms. The lowest BCUT2D eigenvalue weighted by molar-refractivity contribution is 0.0526. The number of H-pyrrole nitrogens is 1. The summed E-state index contributed by atoms with van der Waals surface area (Å²) in [6, 6.07) is 12.4. The number of halogens is 1. The number of ether oxygens (including phenoxy) is 2. The second-order valence-corrected chi connectivity index (χ2v) is 10.1. The quantitative estimate of drug-likeness (QED) is 0.319. The molecule has 0 bridgehead atoms. The standard InChI is InChI=1S/C26H25ClN4O4S/c1-3-34-26(33)15-4-7-22(35-14-18-11-16-10-17(27)5-6-19(16)28-18)21(12-15)29-24(32)25-30-20-8-9-31(2)13-23(20)36-25/h4-7,10-12,28H,3,8-9,13-14H2,1-2H3,(H,29,32). The highest BCUT2D eigenvalue weighted by Gasteiger charge is 2.22. The van der Waals surface area contributed by atoms with E-state index in [1.165, 1.54) is 11.3 Å². The first-order valence-corrected chi connectivity index (χ1v) is 12.8. The van der Waals surface area contributed by atoms with Crippen molar-refractivity contribution in [2.75, 3.05) is 25.5 Å². The minimum atomic E-state index is -0.472. The molecule has 186 valence electrons. The van der Waals surface area contributed by atoms with Crippen molar-refractivity contribution in [1.82, 2.24) is 14.9 Å². The molecule has 3 heterocycles. The average molecular weight is 525 g/mol. The lowest BCUT2D eigenvalue weighted by atomic mass is 10.2. The fourth-order valence-electron chi connectivity index (χ4n) is 4.09. The second-order valence-electron chi connectivity index (χ2n) is 8.58. The Morgan fingerprint density at radius 2 is 2.08 bits per heavy atom. The van der Waals surface area contributed by atoms with Gasteiger partial charge in [-0.3, -0.25) is 4.79 Å². The van der Waals surface area contributed by atoms with E-state index >= 15 is 0 Å². The monoisotopic (exact) mass is 524 g/mol. The van der Waals surface area contributed by atoms with Crippen LogP contribution in [0.15, 0.2) is 42.5 Å². The first-order valence-electron chi connectivity index (χ1n) is 11.6. The van der Waals surface area contributed by atoms with E-state index in [9.17, 15) is 9.59 Å². The first kappa shape index (κ1) is 24.3. The van der Waals surface area contributed by atoms with Gasteiger partial charge in [-0.15, -0.1) is 11.3 Å². The van der Waals surface area contributed by atoms with Crippen LogP contribution in [0.5, 0.6) is 5.75 Å². The molecule has 0 atom stereocenters. The lowest BCUT2D eigenvalue weighted by Crippen LogP contribution is -2.25. The Kier molecular flexibility index (Phi) is 6.95. The Balaban J connectivity index is 1.39. The number of thiazole rings is 1. The Bertz CT molecular complexity index is 1450. The van der Waals surface area contributed by atoms with Crippen LogP contribution in [0, 0.1) is 0 Å². The van der Waals surface area contributed by atoms with Gasteiger partial charge in [0.15, 0.2) is 5.01 Å². The van der Waals surface area contributed by atoms with E-state index in [1.54, 1.807) is 25.1 Å². The van der Waals surface area contributed by atoms with E-state index in [-0.39, 0.29) is 19.1 Å². The third-order valence-corrected chi connectivity index (χ3v) is 7.19.